The second kappa shape index (κ2) is 6.30. The van der Waals surface area contributed by atoms with E-state index in [0.29, 0.717) is 18.8 Å². The number of aromatic nitrogens is 1. The summed E-state index contributed by atoms with van der Waals surface area (Å²) in [5.74, 6) is -1.01. The summed E-state index contributed by atoms with van der Waals surface area (Å²) in [6, 6.07) is 3.45. The van der Waals surface area contributed by atoms with E-state index in [4.69, 9.17) is 0 Å². The summed E-state index contributed by atoms with van der Waals surface area (Å²) in [6.45, 7) is 1.36. The fourth-order valence-corrected chi connectivity index (χ4v) is 3.46. The molecule has 0 bridgehead atoms. The summed E-state index contributed by atoms with van der Waals surface area (Å²) in [7, 11) is 0. The van der Waals surface area contributed by atoms with E-state index >= 15 is 0 Å². The van der Waals surface area contributed by atoms with Crippen LogP contribution in [0.3, 0.4) is 0 Å². The summed E-state index contributed by atoms with van der Waals surface area (Å²) in [4.78, 5) is 30.2. The third-order valence-electron chi connectivity index (χ3n) is 4.62. The molecule has 1 N–H and O–H groups in total. The molecule has 1 aromatic rings. The fraction of sp³-hybridized carbons (Fsp3) is 0.471. The quantitative estimate of drug-likeness (QED) is 0.639. The smallest absolute Gasteiger partial charge is 0.313 e. The number of rotatable bonds is 1. The minimum Gasteiger partial charge on any atom is -0.334 e. The molecule has 0 saturated carbocycles. The van der Waals surface area contributed by atoms with Crippen LogP contribution in [-0.2, 0) is 9.59 Å². The fourth-order valence-electron chi connectivity index (χ4n) is 3.46. The molecule has 1 spiro atoms. The zero-order valence-corrected chi connectivity index (χ0v) is 12.6. The zero-order valence-electron chi connectivity index (χ0n) is 12.6. The van der Waals surface area contributed by atoms with Crippen LogP contribution < -0.4 is 5.32 Å². The van der Waals surface area contributed by atoms with Crippen molar-refractivity contribution in [2.24, 2.45) is 5.41 Å². The summed E-state index contributed by atoms with van der Waals surface area (Å²) < 4.78 is 0. The van der Waals surface area contributed by atoms with Crippen LogP contribution in [0.1, 0.15) is 32.1 Å². The van der Waals surface area contributed by atoms with Crippen LogP contribution >= 0.6 is 0 Å². The largest absolute Gasteiger partial charge is 0.334 e. The van der Waals surface area contributed by atoms with Crippen molar-refractivity contribution in [3.05, 3.63) is 36.7 Å². The Balaban J connectivity index is 1.64. The van der Waals surface area contributed by atoms with Gasteiger partial charge in [0.15, 0.2) is 0 Å². The van der Waals surface area contributed by atoms with E-state index in [2.05, 4.69) is 22.5 Å². The van der Waals surface area contributed by atoms with Gasteiger partial charge in [-0.3, -0.25) is 14.6 Å². The van der Waals surface area contributed by atoms with Crippen molar-refractivity contribution in [3.63, 3.8) is 0 Å². The molecule has 1 aliphatic heterocycles. The van der Waals surface area contributed by atoms with Gasteiger partial charge in [0.1, 0.15) is 0 Å². The Morgan fingerprint density at radius 2 is 2.18 bits per heavy atom. The van der Waals surface area contributed by atoms with Gasteiger partial charge in [0, 0.05) is 19.3 Å². The number of piperidine rings is 1. The van der Waals surface area contributed by atoms with Gasteiger partial charge in [0.2, 0.25) is 0 Å². The number of allylic oxidation sites excluding steroid dienone is 2. The molecule has 2 aliphatic rings. The van der Waals surface area contributed by atoms with Gasteiger partial charge in [-0.15, -0.1) is 0 Å². The van der Waals surface area contributed by atoms with Crippen LogP contribution in [0, 0.1) is 5.41 Å². The highest BCUT2D eigenvalue weighted by molar-refractivity contribution is 6.39. The number of carbonyl (C=O) groups is 2. The molecule has 1 aliphatic carbocycles. The van der Waals surface area contributed by atoms with E-state index in [9.17, 15) is 9.59 Å². The highest BCUT2D eigenvalue weighted by Crippen LogP contribution is 2.40. The van der Waals surface area contributed by atoms with Gasteiger partial charge in [-0.25, -0.2) is 0 Å². The molecule has 1 saturated heterocycles. The SMILES string of the molecule is O=C(Nc1cccnc1)C(=O)N1CCC[C@]2(CC=CCC2)C1. The second-order valence-electron chi connectivity index (χ2n) is 6.24. The molecule has 1 atom stereocenters. The van der Waals surface area contributed by atoms with E-state index in [0.717, 1.165) is 32.1 Å². The van der Waals surface area contributed by atoms with E-state index < -0.39 is 11.8 Å². The number of nitrogens with one attached hydrogen (secondary N) is 1. The van der Waals surface area contributed by atoms with Gasteiger partial charge in [-0.1, -0.05) is 12.2 Å². The van der Waals surface area contributed by atoms with Crippen molar-refractivity contribution >= 4 is 17.5 Å². The maximum atomic E-state index is 12.4. The van der Waals surface area contributed by atoms with Crippen LogP contribution in [0.25, 0.3) is 0 Å². The van der Waals surface area contributed by atoms with E-state index in [1.54, 1.807) is 23.2 Å². The molecule has 0 radical (unpaired) electrons. The Morgan fingerprint density at radius 1 is 1.27 bits per heavy atom. The Bertz CT molecular complexity index is 585. The minimum absolute atomic E-state index is 0.178. The molecule has 0 unspecified atom stereocenters. The molecule has 0 aromatic carbocycles. The van der Waals surface area contributed by atoms with Crippen molar-refractivity contribution in [3.8, 4) is 0 Å². The molecule has 5 nitrogen and oxygen atoms in total. The minimum atomic E-state index is -0.573. The first-order chi connectivity index (χ1) is 10.7. The Hall–Kier alpha value is -2.17. The number of anilines is 1. The molecule has 22 heavy (non-hydrogen) atoms. The van der Waals surface area contributed by atoms with E-state index in [1.165, 1.54) is 6.20 Å². The second-order valence-corrected chi connectivity index (χ2v) is 6.24. The molecule has 1 aromatic heterocycles. The molecule has 2 amide bonds. The zero-order chi connectivity index (χ0) is 15.4. The normalized spacial score (nSPS) is 24.3. The van der Waals surface area contributed by atoms with Crippen LogP contribution in [-0.4, -0.2) is 34.8 Å². The third kappa shape index (κ3) is 3.18. The van der Waals surface area contributed by atoms with Gasteiger partial charge < -0.3 is 10.2 Å². The summed E-state index contributed by atoms with van der Waals surface area (Å²) >= 11 is 0. The number of likely N-dealkylation sites (tertiary alicyclic amines) is 1. The topological polar surface area (TPSA) is 62.3 Å². The number of hydrogen-bond donors (Lipinski definition) is 1. The number of nitrogens with zero attached hydrogens (tertiary/aromatic N) is 2. The maximum absolute atomic E-state index is 12.4. The van der Waals surface area contributed by atoms with Crippen LogP contribution in [0.2, 0.25) is 0 Å². The lowest BCUT2D eigenvalue weighted by Gasteiger charge is -2.43. The van der Waals surface area contributed by atoms with Crippen molar-refractivity contribution < 1.29 is 9.59 Å². The first-order valence-electron chi connectivity index (χ1n) is 7.84. The average Bonchev–Trinajstić information content (AvgIpc) is 2.56. The highest BCUT2D eigenvalue weighted by atomic mass is 16.2. The summed E-state index contributed by atoms with van der Waals surface area (Å²) in [6.07, 6.45) is 12.9. The molecule has 1 fully saturated rings. The van der Waals surface area contributed by atoms with Gasteiger partial charge in [-0.05, 0) is 49.7 Å². The lowest BCUT2D eigenvalue weighted by molar-refractivity contribution is -0.145. The van der Waals surface area contributed by atoms with Gasteiger partial charge >= 0.3 is 11.8 Å². The monoisotopic (exact) mass is 299 g/mol. The standard InChI is InChI=1S/C17H21N3O2/c21-15(19-14-6-4-10-18-12-14)16(22)20-11-5-9-17(13-20)7-2-1-3-8-17/h1-2,4,6,10,12H,3,5,7-9,11,13H2,(H,19,21)/t17-/m1/s1. The summed E-state index contributed by atoms with van der Waals surface area (Å²) in [5, 5.41) is 2.62. The predicted molar refractivity (Wildman–Crippen MR) is 84.1 cm³/mol. The van der Waals surface area contributed by atoms with Crippen LogP contribution in [0.4, 0.5) is 5.69 Å². The molecule has 5 heteroatoms. The average molecular weight is 299 g/mol. The van der Waals surface area contributed by atoms with Gasteiger partial charge in [0.05, 0.1) is 11.9 Å². The number of amides is 2. The Labute approximate surface area is 130 Å². The number of pyridine rings is 1. The van der Waals surface area contributed by atoms with E-state index in [1.807, 2.05) is 0 Å². The van der Waals surface area contributed by atoms with Crippen LogP contribution in [0.15, 0.2) is 36.7 Å². The molecular weight excluding hydrogens is 278 g/mol. The number of carbonyl (C=O) groups excluding carboxylic acids is 2. The maximum Gasteiger partial charge on any atom is 0.313 e. The predicted octanol–water partition coefficient (Wildman–Crippen LogP) is 2.37. The van der Waals surface area contributed by atoms with Crippen molar-refractivity contribution in [2.75, 3.05) is 18.4 Å². The van der Waals surface area contributed by atoms with Crippen molar-refractivity contribution in [1.29, 1.82) is 0 Å². The van der Waals surface area contributed by atoms with Crippen LogP contribution in [0.5, 0.6) is 0 Å². The molecule has 3 rings (SSSR count). The highest BCUT2D eigenvalue weighted by Gasteiger charge is 2.38. The van der Waals surface area contributed by atoms with Gasteiger partial charge in [-0.2, -0.15) is 0 Å². The first kappa shape index (κ1) is 14.8. The molecule has 116 valence electrons. The van der Waals surface area contributed by atoms with E-state index in [-0.39, 0.29) is 5.41 Å². The third-order valence-corrected chi connectivity index (χ3v) is 4.62. The van der Waals surface area contributed by atoms with Gasteiger partial charge in [0.25, 0.3) is 0 Å². The lowest BCUT2D eigenvalue weighted by atomic mass is 9.71. The first-order valence-corrected chi connectivity index (χ1v) is 7.84. The Kier molecular flexibility index (Phi) is 4.22. The lowest BCUT2D eigenvalue weighted by Crippen LogP contribution is -2.49. The van der Waals surface area contributed by atoms with Crippen molar-refractivity contribution in [2.45, 2.75) is 32.1 Å². The Morgan fingerprint density at radius 3 is 2.91 bits per heavy atom. The number of hydrogen-bond acceptors (Lipinski definition) is 3. The molecule has 2 heterocycles. The van der Waals surface area contributed by atoms with Crippen molar-refractivity contribution in [1.82, 2.24) is 9.88 Å². The summed E-state index contributed by atoms with van der Waals surface area (Å²) in [5.41, 5.74) is 0.727. The molecular formula is C17H21N3O2.